The van der Waals surface area contributed by atoms with E-state index >= 15 is 0 Å². The van der Waals surface area contributed by atoms with E-state index in [4.69, 9.17) is 4.42 Å². The molecule has 240 valence electrons. The topological polar surface area (TPSA) is 19.6 Å². The van der Waals surface area contributed by atoms with E-state index in [9.17, 15) is 0 Å². The fourth-order valence-corrected chi connectivity index (χ4v) is 7.60. The van der Waals surface area contributed by atoms with Crippen LogP contribution in [0.25, 0.3) is 54.3 Å². The number of nitrogens with zero attached hydrogens (tertiary/aromatic N) is 2. The van der Waals surface area contributed by atoms with Crippen LogP contribution in [0.1, 0.15) is 0 Å². The normalized spacial score (nSPS) is 11.5. The Morgan fingerprint density at radius 1 is 0.275 bits per heavy atom. The van der Waals surface area contributed by atoms with E-state index in [1.54, 1.807) is 0 Å². The van der Waals surface area contributed by atoms with Crippen LogP contribution in [-0.4, -0.2) is 0 Å². The number of hydrogen-bond acceptors (Lipinski definition) is 3. The summed E-state index contributed by atoms with van der Waals surface area (Å²) in [5.74, 6) is 0. The number of para-hydroxylation sites is 3. The average molecular weight is 653 g/mol. The highest BCUT2D eigenvalue weighted by Crippen LogP contribution is 2.44. The van der Waals surface area contributed by atoms with Gasteiger partial charge in [0.1, 0.15) is 11.2 Å². The van der Waals surface area contributed by atoms with Gasteiger partial charge in [0, 0.05) is 44.6 Å². The van der Waals surface area contributed by atoms with Crippen molar-refractivity contribution in [2.45, 2.75) is 0 Å². The van der Waals surface area contributed by atoms with Crippen LogP contribution < -0.4 is 9.80 Å². The number of fused-ring (bicyclic) bond motifs is 7. The second-order valence-corrected chi connectivity index (χ2v) is 13.0. The molecule has 0 aliphatic rings. The minimum absolute atomic E-state index is 0.912. The predicted molar refractivity (Wildman–Crippen MR) is 216 cm³/mol. The molecule has 1 aromatic heterocycles. The molecule has 0 radical (unpaired) electrons. The third-order valence-corrected chi connectivity index (χ3v) is 9.96. The summed E-state index contributed by atoms with van der Waals surface area (Å²) in [5, 5.41) is 9.44. The number of anilines is 6. The van der Waals surface area contributed by atoms with Gasteiger partial charge in [-0.25, -0.2) is 0 Å². The summed E-state index contributed by atoms with van der Waals surface area (Å²) >= 11 is 0. The van der Waals surface area contributed by atoms with Gasteiger partial charge in [0.2, 0.25) is 0 Å². The van der Waals surface area contributed by atoms with Gasteiger partial charge in [0.15, 0.2) is 0 Å². The third-order valence-electron chi connectivity index (χ3n) is 9.96. The van der Waals surface area contributed by atoms with E-state index in [1.807, 2.05) is 12.1 Å². The number of rotatable bonds is 6. The van der Waals surface area contributed by atoms with Crippen LogP contribution in [0.15, 0.2) is 199 Å². The number of hydrogen-bond donors (Lipinski definition) is 0. The molecule has 0 bridgehead atoms. The molecular formula is C48H32N2O. The highest BCUT2D eigenvalue weighted by atomic mass is 16.3. The zero-order valence-corrected chi connectivity index (χ0v) is 27.8. The Kier molecular flexibility index (Phi) is 6.81. The Hall–Kier alpha value is -6.84. The first-order chi connectivity index (χ1) is 25.3. The van der Waals surface area contributed by atoms with Gasteiger partial charge in [-0.1, -0.05) is 115 Å². The second kappa shape index (κ2) is 11.9. The maximum Gasteiger partial charge on any atom is 0.136 e. The molecule has 10 aromatic rings. The summed E-state index contributed by atoms with van der Waals surface area (Å²) in [6.45, 7) is 0. The highest BCUT2D eigenvalue weighted by molar-refractivity contribution is 6.18. The molecule has 0 N–H and O–H groups in total. The van der Waals surface area contributed by atoms with Crippen molar-refractivity contribution in [3.05, 3.63) is 194 Å². The molecule has 0 unspecified atom stereocenters. The molecule has 0 spiro atoms. The zero-order chi connectivity index (χ0) is 33.7. The van der Waals surface area contributed by atoms with Crippen LogP contribution >= 0.6 is 0 Å². The summed E-state index contributed by atoms with van der Waals surface area (Å²) in [5.41, 5.74) is 8.40. The molecule has 0 atom stereocenters. The molecule has 3 nitrogen and oxygen atoms in total. The Morgan fingerprint density at radius 2 is 0.882 bits per heavy atom. The van der Waals surface area contributed by atoms with Gasteiger partial charge in [-0.2, -0.15) is 0 Å². The van der Waals surface area contributed by atoms with Gasteiger partial charge >= 0.3 is 0 Å². The first-order valence-electron chi connectivity index (χ1n) is 17.3. The van der Waals surface area contributed by atoms with E-state index in [0.29, 0.717) is 0 Å². The smallest absolute Gasteiger partial charge is 0.136 e. The van der Waals surface area contributed by atoms with E-state index < -0.39 is 0 Å². The Labute approximate surface area is 295 Å². The van der Waals surface area contributed by atoms with Crippen molar-refractivity contribution in [1.82, 2.24) is 0 Å². The van der Waals surface area contributed by atoms with Gasteiger partial charge in [-0.3, -0.25) is 0 Å². The van der Waals surface area contributed by atoms with Crippen LogP contribution in [0.5, 0.6) is 0 Å². The van der Waals surface area contributed by atoms with Gasteiger partial charge in [-0.05, 0) is 106 Å². The molecule has 0 fully saturated rings. The summed E-state index contributed by atoms with van der Waals surface area (Å²) in [7, 11) is 0. The average Bonchev–Trinajstić information content (AvgIpc) is 3.56. The standard InChI is InChI=1S/C48H32N2O/c1-3-15-36(16-4-1)49(37-17-5-2-6-18-37)38-19-11-20-39(31-38)50(40-27-25-33-13-7-8-14-34(33)29-40)46-23-12-22-41-42(46)28-26-35-30-48-45(32-44(35)41)43-21-9-10-24-47(43)51-48/h1-32H. The van der Waals surface area contributed by atoms with Crippen molar-refractivity contribution in [3.63, 3.8) is 0 Å². The van der Waals surface area contributed by atoms with E-state index in [-0.39, 0.29) is 0 Å². The number of benzene rings is 9. The number of furan rings is 1. The molecule has 0 amide bonds. The maximum atomic E-state index is 6.27. The van der Waals surface area contributed by atoms with Crippen LogP contribution in [0.2, 0.25) is 0 Å². The molecular weight excluding hydrogens is 621 g/mol. The van der Waals surface area contributed by atoms with Crippen molar-refractivity contribution in [2.75, 3.05) is 9.80 Å². The zero-order valence-electron chi connectivity index (χ0n) is 27.8. The lowest BCUT2D eigenvalue weighted by Gasteiger charge is -2.30. The molecule has 3 heteroatoms. The van der Waals surface area contributed by atoms with Crippen molar-refractivity contribution in [3.8, 4) is 0 Å². The Balaban J connectivity index is 1.21. The fraction of sp³-hybridized carbons (Fsp3) is 0. The second-order valence-electron chi connectivity index (χ2n) is 13.0. The minimum atomic E-state index is 0.912. The van der Waals surface area contributed by atoms with E-state index in [2.05, 4.69) is 192 Å². The first kappa shape index (κ1) is 29.1. The predicted octanol–water partition coefficient (Wildman–Crippen LogP) is 14.0. The highest BCUT2D eigenvalue weighted by Gasteiger charge is 2.20. The summed E-state index contributed by atoms with van der Waals surface area (Å²) in [6, 6.07) is 69.3. The summed E-state index contributed by atoms with van der Waals surface area (Å²) < 4.78 is 6.27. The molecule has 10 rings (SSSR count). The van der Waals surface area contributed by atoms with Crippen LogP contribution in [0.4, 0.5) is 34.1 Å². The fourth-order valence-electron chi connectivity index (χ4n) is 7.60. The van der Waals surface area contributed by atoms with E-state index in [0.717, 1.165) is 61.4 Å². The molecule has 1 heterocycles. The third kappa shape index (κ3) is 4.98. The van der Waals surface area contributed by atoms with Crippen LogP contribution in [-0.2, 0) is 0 Å². The minimum Gasteiger partial charge on any atom is -0.456 e. The van der Waals surface area contributed by atoms with Gasteiger partial charge in [0.25, 0.3) is 0 Å². The van der Waals surface area contributed by atoms with Crippen molar-refractivity contribution < 1.29 is 4.42 Å². The molecule has 0 saturated carbocycles. The van der Waals surface area contributed by atoms with Crippen LogP contribution in [0.3, 0.4) is 0 Å². The van der Waals surface area contributed by atoms with Crippen molar-refractivity contribution in [2.24, 2.45) is 0 Å². The SMILES string of the molecule is c1ccc(N(c2ccccc2)c2cccc(N(c3ccc4ccccc4c3)c3cccc4c3ccc3cc5oc6ccccc6c5cc34)c2)cc1. The molecule has 51 heavy (non-hydrogen) atoms. The van der Waals surface area contributed by atoms with Crippen molar-refractivity contribution >= 4 is 88.4 Å². The Morgan fingerprint density at radius 3 is 1.69 bits per heavy atom. The monoisotopic (exact) mass is 652 g/mol. The quantitative estimate of drug-likeness (QED) is 0.167. The van der Waals surface area contributed by atoms with Gasteiger partial charge < -0.3 is 14.2 Å². The lowest BCUT2D eigenvalue weighted by atomic mass is 9.98. The summed E-state index contributed by atoms with van der Waals surface area (Å²) in [6.07, 6.45) is 0. The molecule has 0 aliphatic heterocycles. The van der Waals surface area contributed by atoms with Crippen molar-refractivity contribution in [1.29, 1.82) is 0 Å². The largest absolute Gasteiger partial charge is 0.456 e. The lowest BCUT2D eigenvalue weighted by Crippen LogP contribution is -2.13. The van der Waals surface area contributed by atoms with Gasteiger partial charge in [0.05, 0.1) is 5.69 Å². The van der Waals surface area contributed by atoms with E-state index in [1.165, 1.54) is 26.9 Å². The van der Waals surface area contributed by atoms with Crippen LogP contribution in [0, 0.1) is 0 Å². The Bertz CT molecular complexity index is 2840. The molecule has 0 aliphatic carbocycles. The molecule has 0 saturated heterocycles. The molecule has 9 aromatic carbocycles. The first-order valence-corrected chi connectivity index (χ1v) is 17.3. The van der Waals surface area contributed by atoms with Gasteiger partial charge in [-0.15, -0.1) is 0 Å². The maximum absolute atomic E-state index is 6.27. The lowest BCUT2D eigenvalue weighted by molar-refractivity contribution is 0.669. The summed E-state index contributed by atoms with van der Waals surface area (Å²) in [4.78, 5) is 4.73.